The number of nitrogens with one attached hydrogen (secondary N) is 2. The zero-order valence-corrected chi connectivity index (χ0v) is 11.7. The van der Waals surface area contributed by atoms with Crippen LogP contribution in [0, 0.1) is 5.41 Å². The zero-order valence-electron chi connectivity index (χ0n) is 11.7. The van der Waals surface area contributed by atoms with Gasteiger partial charge in [0, 0.05) is 12.0 Å². The van der Waals surface area contributed by atoms with Crippen molar-refractivity contribution in [1.82, 2.24) is 10.6 Å². The minimum absolute atomic E-state index is 0.150. The Morgan fingerprint density at radius 1 is 1.42 bits per heavy atom. The molecule has 4 heteroatoms. The predicted octanol–water partition coefficient (Wildman–Crippen LogP) is 1.70. The zero-order chi connectivity index (χ0) is 13.7. The summed E-state index contributed by atoms with van der Waals surface area (Å²) in [6, 6.07) is 7.78. The Balaban J connectivity index is 1.92. The maximum absolute atomic E-state index is 12.3. The molecule has 0 saturated carbocycles. The Kier molecular flexibility index (Phi) is 4.43. The molecule has 0 radical (unpaired) electrons. The van der Waals surface area contributed by atoms with Crippen LogP contribution in [0.15, 0.2) is 24.3 Å². The van der Waals surface area contributed by atoms with Crippen molar-refractivity contribution in [1.29, 1.82) is 0 Å². The van der Waals surface area contributed by atoms with Gasteiger partial charge in [-0.2, -0.15) is 0 Å². The van der Waals surface area contributed by atoms with Crippen LogP contribution < -0.4 is 15.4 Å². The van der Waals surface area contributed by atoms with E-state index in [4.69, 9.17) is 4.74 Å². The predicted molar refractivity (Wildman–Crippen MR) is 75.1 cm³/mol. The minimum atomic E-state index is -0.232. The smallest absolute Gasteiger partial charge is 0.226 e. The molecule has 0 atom stereocenters. The highest BCUT2D eigenvalue weighted by molar-refractivity contribution is 5.82. The Morgan fingerprint density at radius 3 is 2.84 bits per heavy atom. The summed E-state index contributed by atoms with van der Waals surface area (Å²) < 4.78 is 5.18. The molecule has 1 aliphatic rings. The van der Waals surface area contributed by atoms with E-state index in [1.165, 1.54) is 0 Å². The van der Waals surface area contributed by atoms with E-state index in [9.17, 15) is 4.79 Å². The van der Waals surface area contributed by atoms with Crippen LogP contribution in [0.1, 0.15) is 25.3 Å². The van der Waals surface area contributed by atoms with Crippen molar-refractivity contribution in [3.8, 4) is 5.75 Å². The number of hydrogen-bond donors (Lipinski definition) is 2. The molecule has 0 bridgehead atoms. The van der Waals surface area contributed by atoms with Gasteiger partial charge in [-0.25, -0.2) is 0 Å². The van der Waals surface area contributed by atoms with Gasteiger partial charge in [0.1, 0.15) is 5.75 Å². The highest BCUT2D eigenvalue weighted by atomic mass is 16.5. The van der Waals surface area contributed by atoms with Crippen molar-refractivity contribution in [2.24, 2.45) is 5.41 Å². The number of methoxy groups -OCH3 is 1. The standard InChI is InChI=1S/C15H22N2O2/c1-15(6-8-16-9-7-15)14(18)17-11-12-4-3-5-13(10-12)19-2/h3-5,10,16H,6-9,11H2,1-2H3,(H,17,18). The SMILES string of the molecule is COc1cccc(CNC(=O)C2(C)CCNCC2)c1. The Labute approximate surface area is 114 Å². The summed E-state index contributed by atoms with van der Waals surface area (Å²) in [6.45, 7) is 4.44. The van der Waals surface area contributed by atoms with Crippen LogP contribution in [-0.4, -0.2) is 26.1 Å². The average molecular weight is 262 g/mol. The normalized spacial score (nSPS) is 17.8. The van der Waals surface area contributed by atoms with Crippen molar-refractivity contribution in [2.75, 3.05) is 20.2 Å². The number of carbonyl (C=O) groups is 1. The van der Waals surface area contributed by atoms with Crippen molar-refractivity contribution in [2.45, 2.75) is 26.3 Å². The summed E-state index contributed by atoms with van der Waals surface area (Å²) in [4.78, 5) is 12.3. The van der Waals surface area contributed by atoms with Crippen LogP contribution in [0.5, 0.6) is 5.75 Å². The fraction of sp³-hybridized carbons (Fsp3) is 0.533. The van der Waals surface area contributed by atoms with Gasteiger partial charge in [-0.1, -0.05) is 19.1 Å². The van der Waals surface area contributed by atoms with Gasteiger partial charge in [-0.05, 0) is 43.6 Å². The second kappa shape index (κ2) is 6.06. The summed E-state index contributed by atoms with van der Waals surface area (Å²) >= 11 is 0. The van der Waals surface area contributed by atoms with Gasteiger partial charge in [0.2, 0.25) is 5.91 Å². The number of hydrogen-bond acceptors (Lipinski definition) is 3. The molecule has 1 aromatic carbocycles. The van der Waals surface area contributed by atoms with Gasteiger partial charge in [0.25, 0.3) is 0 Å². The van der Waals surface area contributed by atoms with E-state index in [2.05, 4.69) is 17.6 Å². The molecule has 0 spiro atoms. The Hall–Kier alpha value is -1.55. The quantitative estimate of drug-likeness (QED) is 0.868. The number of piperidine rings is 1. The van der Waals surface area contributed by atoms with Gasteiger partial charge in [-0.3, -0.25) is 4.79 Å². The topological polar surface area (TPSA) is 50.4 Å². The van der Waals surface area contributed by atoms with Gasteiger partial charge in [-0.15, -0.1) is 0 Å². The largest absolute Gasteiger partial charge is 0.497 e. The highest BCUT2D eigenvalue weighted by Crippen LogP contribution is 2.28. The average Bonchev–Trinajstić information content (AvgIpc) is 2.45. The minimum Gasteiger partial charge on any atom is -0.497 e. The molecule has 1 saturated heterocycles. The van der Waals surface area contributed by atoms with Crippen molar-refractivity contribution < 1.29 is 9.53 Å². The molecule has 1 aromatic rings. The molecule has 0 unspecified atom stereocenters. The van der Waals surface area contributed by atoms with Crippen LogP contribution in [0.25, 0.3) is 0 Å². The highest BCUT2D eigenvalue weighted by Gasteiger charge is 2.34. The molecule has 1 amide bonds. The van der Waals surface area contributed by atoms with Crippen molar-refractivity contribution in [3.05, 3.63) is 29.8 Å². The second-order valence-electron chi connectivity index (χ2n) is 5.34. The summed E-state index contributed by atoms with van der Waals surface area (Å²) in [5, 5.41) is 6.33. The second-order valence-corrected chi connectivity index (χ2v) is 5.34. The maximum atomic E-state index is 12.3. The Bertz CT molecular complexity index is 440. The number of benzene rings is 1. The molecular weight excluding hydrogens is 240 g/mol. The van der Waals surface area contributed by atoms with Gasteiger partial charge < -0.3 is 15.4 Å². The lowest BCUT2D eigenvalue weighted by Gasteiger charge is -2.32. The van der Waals surface area contributed by atoms with Crippen LogP contribution in [0.4, 0.5) is 0 Å². The first-order valence-corrected chi connectivity index (χ1v) is 6.76. The third-order valence-electron chi connectivity index (χ3n) is 3.84. The summed E-state index contributed by atoms with van der Waals surface area (Å²) in [7, 11) is 1.65. The van der Waals surface area contributed by atoms with E-state index in [0.29, 0.717) is 6.54 Å². The number of ether oxygens (including phenoxy) is 1. The van der Waals surface area contributed by atoms with Crippen LogP contribution in [0.3, 0.4) is 0 Å². The molecule has 2 N–H and O–H groups in total. The molecule has 1 aliphatic heterocycles. The molecule has 1 fully saturated rings. The lowest BCUT2D eigenvalue weighted by molar-refractivity contribution is -0.131. The molecular formula is C15H22N2O2. The first-order valence-electron chi connectivity index (χ1n) is 6.76. The van der Waals surface area contributed by atoms with E-state index >= 15 is 0 Å². The molecule has 0 aliphatic carbocycles. The molecule has 104 valence electrons. The van der Waals surface area contributed by atoms with Crippen LogP contribution in [0.2, 0.25) is 0 Å². The van der Waals surface area contributed by atoms with E-state index in [1.807, 2.05) is 24.3 Å². The van der Waals surface area contributed by atoms with Crippen molar-refractivity contribution >= 4 is 5.91 Å². The fourth-order valence-corrected chi connectivity index (χ4v) is 2.38. The van der Waals surface area contributed by atoms with Crippen molar-refractivity contribution in [3.63, 3.8) is 0 Å². The van der Waals surface area contributed by atoms with E-state index < -0.39 is 0 Å². The van der Waals surface area contributed by atoms with Gasteiger partial charge in [0.15, 0.2) is 0 Å². The fourth-order valence-electron chi connectivity index (χ4n) is 2.38. The van der Waals surface area contributed by atoms with Crippen LogP contribution >= 0.6 is 0 Å². The maximum Gasteiger partial charge on any atom is 0.226 e. The molecule has 4 nitrogen and oxygen atoms in total. The van der Waals surface area contributed by atoms with Gasteiger partial charge in [0.05, 0.1) is 7.11 Å². The summed E-state index contributed by atoms with van der Waals surface area (Å²) in [6.07, 6.45) is 1.80. The molecule has 2 rings (SSSR count). The van der Waals surface area contributed by atoms with Gasteiger partial charge >= 0.3 is 0 Å². The first kappa shape index (κ1) is 13.9. The monoisotopic (exact) mass is 262 g/mol. The number of carbonyl (C=O) groups excluding carboxylic acids is 1. The third-order valence-corrected chi connectivity index (χ3v) is 3.84. The number of rotatable bonds is 4. The van der Waals surface area contributed by atoms with E-state index in [1.54, 1.807) is 7.11 Å². The van der Waals surface area contributed by atoms with E-state index in [0.717, 1.165) is 37.2 Å². The summed E-state index contributed by atoms with van der Waals surface area (Å²) in [5.74, 6) is 0.969. The summed E-state index contributed by atoms with van der Waals surface area (Å²) in [5.41, 5.74) is 0.828. The lowest BCUT2D eigenvalue weighted by atomic mass is 9.80. The molecule has 19 heavy (non-hydrogen) atoms. The lowest BCUT2D eigenvalue weighted by Crippen LogP contribution is -2.45. The Morgan fingerprint density at radius 2 is 2.16 bits per heavy atom. The van der Waals surface area contributed by atoms with Crippen LogP contribution in [-0.2, 0) is 11.3 Å². The molecule has 0 aromatic heterocycles. The number of amides is 1. The third kappa shape index (κ3) is 3.47. The van der Waals surface area contributed by atoms with E-state index in [-0.39, 0.29) is 11.3 Å². The first-order chi connectivity index (χ1) is 9.14. The molecule has 1 heterocycles.